The Morgan fingerprint density at radius 2 is 1.83 bits per heavy atom. The number of methoxy groups -OCH3 is 1. The second kappa shape index (κ2) is 10.3. The Labute approximate surface area is 179 Å². The fourth-order valence-corrected chi connectivity index (χ4v) is 3.90. The first-order chi connectivity index (χ1) is 14.0. The van der Waals surface area contributed by atoms with Crippen molar-refractivity contribution in [1.29, 1.82) is 0 Å². The summed E-state index contributed by atoms with van der Waals surface area (Å²) in [6, 6.07) is 8.52. The van der Waals surface area contributed by atoms with Gasteiger partial charge in [-0.1, -0.05) is 37.3 Å². The van der Waals surface area contributed by atoms with E-state index in [9.17, 15) is 14.7 Å². The number of carbonyl (C=O) groups is 2. The molecule has 0 spiro atoms. The number of benzene rings is 1. The number of aliphatic hydroxyl groups excluding tert-OH is 1. The highest BCUT2D eigenvalue weighted by molar-refractivity contribution is 5.79. The van der Waals surface area contributed by atoms with E-state index < -0.39 is 29.8 Å². The van der Waals surface area contributed by atoms with Crippen molar-refractivity contribution >= 4 is 12.0 Å². The van der Waals surface area contributed by atoms with E-state index in [1.165, 1.54) is 0 Å². The van der Waals surface area contributed by atoms with Gasteiger partial charge in [-0.2, -0.15) is 0 Å². The molecule has 0 bridgehead atoms. The van der Waals surface area contributed by atoms with E-state index in [-0.39, 0.29) is 18.0 Å². The highest BCUT2D eigenvalue weighted by Crippen LogP contribution is 2.28. The van der Waals surface area contributed by atoms with E-state index in [2.05, 4.69) is 5.32 Å². The molecule has 0 unspecified atom stereocenters. The van der Waals surface area contributed by atoms with Crippen LogP contribution in [-0.2, 0) is 14.3 Å². The summed E-state index contributed by atoms with van der Waals surface area (Å²) in [5, 5.41) is 13.4. The number of nitrogens with one attached hydrogen (secondary N) is 1. The smallest absolute Gasteiger partial charge is 0.410 e. The number of likely N-dealkylation sites (tertiary alicyclic amines) is 1. The maximum absolute atomic E-state index is 12.9. The van der Waals surface area contributed by atoms with Crippen LogP contribution in [0.3, 0.4) is 0 Å². The van der Waals surface area contributed by atoms with E-state index in [1.54, 1.807) is 25.9 Å². The SMILES string of the molecule is CO[C@H]([C@@H](C)C(=O)N[C@@H](C)[C@H](O)c1ccccc1)[C@@H]1CCCN1C(=O)OC(C)(C)C. The molecule has 168 valence electrons. The lowest BCUT2D eigenvalue weighted by Gasteiger charge is -2.35. The van der Waals surface area contributed by atoms with Crippen molar-refractivity contribution in [2.24, 2.45) is 5.92 Å². The summed E-state index contributed by atoms with van der Waals surface area (Å²) in [5.41, 5.74) is 0.159. The number of hydrogen-bond acceptors (Lipinski definition) is 5. The fraction of sp³-hybridized carbons (Fsp3) is 0.652. The zero-order valence-corrected chi connectivity index (χ0v) is 18.9. The zero-order chi connectivity index (χ0) is 22.5. The minimum atomic E-state index is -0.812. The Bertz CT molecular complexity index is 703. The number of nitrogens with zero attached hydrogens (tertiary/aromatic N) is 1. The van der Waals surface area contributed by atoms with Gasteiger partial charge in [-0.3, -0.25) is 4.79 Å². The molecule has 5 atom stereocenters. The zero-order valence-electron chi connectivity index (χ0n) is 18.9. The van der Waals surface area contributed by atoms with Crippen molar-refractivity contribution < 1.29 is 24.2 Å². The number of aliphatic hydroxyl groups is 1. The maximum Gasteiger partial charge on any atom is 0.410 e. The first-order valence-electron chi connectivity index (χ1n) is 10.6. The summed E-state index contributed by atoms with van der Waals surface area (Å²) >= 11 is 0. The quantitative estimate of drug-likeness (QED) is 0.707. The summed E-state index contributed by atoms with van der Waals surface area (Å²) in [7, 11) is 1.56. The molecule has 0 aliphatic carbocycles. The van der Waals surface area contributed by atoms with Crippen LogP contribution >= 0.6 is 0 Å². The normalized spacial score (nSPS) is 20.9. The molecule has 1 fully saturated rings. The molecule has 0 aromatic heterocycles. The van der Waals surface area contributed by atoms with Crippen LogP contribution in [0.1, 0.15) is 59.1 Å². The topological polar surface area (TPSA) is 88.1 Å². The van der Waals surface area contributed by atoms with E-state index in [1.807, 2.05) is 51.1 Å². The molecule has 2 N–H and O–H groups in total. The predicted octanol–water partition coefficient (Wildman–Crippen LogP) is 3.28. The minimum absolute atomic E-state index is 0.222. The summed E-state index contributed by atoms with van der Waals surface area (Å²) in [4.78, 5) is 27.2. The largest absolute Gasteiger partial charge is 0.444 e. The lowest BCUT2D eigenvalue weighted by atomic mass is 9.94. The van der Waals surface area contributed by atoms with Crippen LogP contribution in [0.15, 0.2) is 30.3 Å². The third kappa shape index (κ3) is 6.19. The van der Waals surface area contributed by atoms with Gasteiger partial charge in [0, 0.05) is 13.7 Å². The van der Waals surface area contributed by atoms with Gasteiger partial charge in [0.2, 0.25) is 5.91 Å². The predicted molar refractivity (Wildman–Crippen MR) is 115 cm³/mol. The van der Waals surface area contributed by atoms with E-state index in [0.29, 0.717) is 6.54 Å². The Morgan fingerprint density at radius 1 is 1.20 bits per heavy atom. The number of hydrogen-bond donors (Lipinski definition) is 2. The number of amides is 2. The molecule has 2 amide bonds. The van der Waals surface area contributed by atoms with Gasteiger partial charge in [0.25, 0.3) is 0 Å². The molecular weight excluding hydrogens is 384 g/mol. The van der Waals surface area contributed by atoms with E-state index >= 15 is 0 Å². The Morgan fingerprint density at radius 3 is 2.40 bits per heavy atom. The molecule has 1 heterocycles. The Hall–Kier alpha value is -2.12. The van der Waals surface area contributed by atoms with Crippen LogP contribution in [0.5, 0.6) is 0 Å². The molecule has 7 heteroatoms. The second-order valence-electron chi connectivity index (χ2n) is 9.03. The summed E-state index contributed by atoms with van der Waals surface area (Å²) < 4.78 is 11.2. The first kappa shape index (κ1) is 24.2. The molecule has 1 aliphatic heterocycles. The molecular formula is C23H36N2O5. The lowest BCUT2D eigenvalue weighted by Crippen LogP contribution is -2.51. The average molecular weight is 421 g/mol. The lowest BCUT2D eigenvalue weighted by molar-refractivity contribution is -0.132. The fourth-order valence-electron chi connectivity index (χ4n) is 3.90. The molecule has 1 aliphatic rings. The maximum atomic E-state index is 12.9. The van der Waals surface area contributed by atoms with E-state index in [4.69, 9.17) is 9.47 Å². The Balaban J connectivity index is 2.04. The molecule has 7 nitrogen and oxygen atoms in total. The summed E-state index contributed by atoms with van der Waals surface area (Å²) in [5.74, 6) is -0.728. The third-order valence-corrected chi connectivity index (χ3v) is 5.47. The van der Waals surface area contributed by atoms with Crippen LogP contribution in [0.25, 0.3) is 0 Å². The van der Waals surface area contributed by atoms with Crippen LogP contribution in [0.4, 0.5) is 4.79 Å². The van der Waals surface area contributed by atoms with Crippen molar-refractivity contribution in [2.75, 3.05) is 13.7 Å². The van der Waals surface area contributed by atoms with Crippen molar-refractivity contribution in [3.05, 3.63) is 35.9 Å². The van der Waals surface area contributed by atoms with Crippen LogP contribution in [-0.4, -0.2) is 59.5 Å². The van der Waals surface area contributed by atoms with Gasteiger partial charge >= 0.3 is 6.09 Å². The molecule has 1 aromatic rings. The van der Waals surface area contributed by atoms with Crippen molar-refractivity contribution in [3.8, 4) is 0 Å². The van der Waals surface area contributed by atoms with Gasteiger partial charge < -0.3 is 24.8 Å². The standard InChI is InChI=1S/C23H36N2O5/c1-15(21(27)24-16(2)19(26)17-11-8-7-9-12-17)20(29-6)18-13-10-14-25(18)22(28)30-23(3,4)5/h7-9,11-12,15-16,18-20,26H,10,13-14H2,1-6H3,(H,24,27)/t15-,16+,18+,19+,20-/m1/s1. The molecule has 30 heavy (non-hydrogen) atoms. The van der Waals surface area contributed by atoms with Gasteiger partial charge in [0.15, 0.2) is 0 Å². The van der Waals surface area contributed by atoms with Gasteiger partial charge in [0.1, 0.15) is 5.60 Å². The molecule has 0 saturated carbocycles. The minimum Gasteiger partial charge on any atom is -0.444 e. The summed E-state index contributed by atoms with van der Waals surface area (Å²) in [6.07, 6.45) is -0.0830. The van der Waals surface area contributed by atoms with Crippen molar-refractivity contribution in [3.63, 3.8) is 0 Å². The number of rotatable bonds is 7. The van der Waals surface area contributed by atoms with E-state index in [0.717, 1.165) is 18.4 Å². The van der Waals surface area contributed by atoms with Crippen LogP contribution in [0.2, 0.25) is 0 Å². The molecule has 0 radical (unpaired) electrons. The first-order valence-corrected chi connectivity index (χ1v) is 10.6. The highest BCUT2D eigenvalue weighted by atomic mass is 16.6. The third-order valence-electron chi connectivity index (χ3n) is 5.47. The average Bonchev–Trinajstić information content (AvgIpc) is 3.16. The monoisotopic (exact) mass is 420 g/mol. The van der Waals surface area contributed by atoms with Crippen molar-refractivity contribution in [1.82, 2.24) is 10.2 Å². The highest BCUT2D eigenvalue weighted by Gasteiger charge is 2.41. The molecule has 1 saturated heterocycles. The van der Waals surface area contributed by atoms with Gasteiger partial charge in [-0.15, -0.1) is 0 Å². The summed E-state index contributed by atoms with van der Waals surface area (Å²) in [6.45, 7) is 9.64. The number of carbonyl (C=O) groups excluding carboxylic acids is 2. The Kier molecular flexibility index (Phi) is 8.26. The molecule has 1 aromatic carbocycles. The van der Waals surface area contributed by atoms with Gasteiger partial charge in [-0.05, 0) is 46.1 Å². The molecule has 2 rings (SSSR count). The van der Waals surface area contributed by atoms with Crippen LogP contribution in [0, 0.1) is 5.92 Å². The van der Waals surface area contributed by atoms with Crippen LogP contribution < -0.4 is 5.32 Å². The van der Waals surface area contributed by atoms with Crippen molar-refractivity contribution in [2.45, 2.75) is 77.4 Å². The number of ether oxygens (including phenoxy) is 2. The second-order valence-corrected chi connectivity index (χ2v) is 9.03. The van der Waals surface area contributed by atoms with Gasteiger partial charge in [-0.25, -0.2) is 4.79 Å². The van der Waals surface area contributed by atoms with Gasteiger partial charge in [0.05, 0.1) is 30.2 Å².